The number of carbonyl (C=O) groups excluding carboxylic acids is 1. The highest BCUT2D eigenvalue weighted by atomic mass is 16.2. The van der Waals surface area contributed by atoms with Crippen LogP contribution in [0.25, 0.3) is 5.65 Å². The third kappa shape index (κ3) is 2.01. The average Bonchev–Trinajstić information content (AvgIpc) is 2.81. The normalized spacial score (nSPS) is 20.4. The average molecular weight is 245 g/mol. The Kier molecular flexibility index (Phi) is 2.62. The van der Waals surface area contributed by atoms with E-state index in [1.807, 2.05) is 25.4 Å². The van der Waals surface area contributed by atoms with E-state index in [4.69, 9.17) is 0 Å². The van der Waals surface area contributed by atoms with Gasteiger partial charge in [-0.15, -0.1) is 0 Å². The third-order valence-corrected chi connectivity index (χ3v) is 3.24. The molecule has 1 unspecified atom stereocenters. The molecule has 1 N–H and O–H groups in total. The lowest BCUT2D eigenvalue weighted by atomic mass is 10.1. The van der Waals surface area contributed by atoms with E-state index in [0.717, 1.165) is 24.4 Å². The summed E-state index contributed by atoms with van der Waals surface area (Å²) in [6, 6.07) is 4.03. The zero-order valence-electron chi connectivity index (χ0n) is 10.2. The zero-order valence-corrected chi connectivity index (χ0v) is 10.2. The number of nitrogens with one attached hydrogen (secondary N) is 1. The molecule has 18 heavy (non-hydrogen) atoms. The van der Waals surface area contributed by atoms with E-state index in [1.54, 1.807) is 15.6 Å². The lowest BCUT2D eigenvalue weighted by Gasteiger charge is -2.30. The van der Waals surface area contributed by atoms with Gasteiger partial charge in [-0.3, -0.25) is 4.79 Å². The van der Waals surface area contributed by atoms with E-state index in [9.17, 15) is 4.79 Å². The van der Waals surface area contributed by atoms with Crippen molar-refractivity contribution in [2.24, 2.45) is 0 Å². The molecule has 1 aliphatic rings. The highest BCUT2D eigenvalue weighted by Gasteiger charge is 2.22. The van der Waals surface area contributed by atoms with E-state index in [1.165, 1.54) is 0 Å². The first-order chi connectivity index (χ1) is 8.72. The fraction of sp³-hybridized carbons (Fsp3) is 0.417. The molecule has 6 heteroatoms. The Morgan fingerprint density at radius 2 is 2.33 bits per heavy atom. The number of nitrogens with zero attached hydrogens (tertiary/aromatic N) is 4. The second kappa shape index (κ2) is 4.29. The Hall–Kier alpha value is -2.11. The van der Waals surface area contributed by atoms with Crippen molar-refractivity contribution in [2.45, 2.75) is 18.9 Å². The molecule has 6 nitrogen and oxygen atoms in total. The molecule has 1 saturated heterocycles. The van der Waals surface area contributed by atoms with E-state index in [0.29, 0.717) is 6.42 Å². The predicted molar refractivity (Wildman–Crippen MR) is 67.3 cm³/mol. The number of likely N-dealkylation sites (tertiary alicyclic amines) is 1. The minimum Gasteiger partial charge on any atom is -0.365 e. The van der Waals surface area contributed by atoms with Gasteiger partial charge in [0.25, 0.3) is 0 Å². The van der Waals surface area contributed by atoms with Crippen LogP contribution in [0.2, 0.25) is 0 Å². The number of aromatic nitrogens is 3. The van der Waals surface area contributed by atoms with Crippen molar-refractivity contribution in [1.29, 1.82) is 0 Å². The van der Waals surface area contributed by atoms with Crippen LogP contribution in [0.3, 0.4) is 0 Å². The van der Waals surface area contributed by atoms with Crippen LogP contribution in [0.4, 0.5) is 5.82 Å². The molecule has 1 amide bonds. The maximum absolute atomic E-state index is 11.4. The number of rotatable bonds is 2. The van der Waals surface area contributed by atoms with Gasteiger partial charge in [-0.25, -0.2) is 9.50 Å². The van der Waals surface area contributed by atoms with Crippen molar-refractivity contribution in [3.63, 3.8) is 0 Å². The van der Waals surface area contributed by atoms with Crippen LogP contribution in [0.15, 0.2) is 24.5 Å². The van der Waals surface area contributed by atoms with Gasteiger partial charge in [0.05, 0.1) is 6.20 Å². The van der Waals surface area contributed by atoms with Gasteiger partial charge < -0.3 is 10.2 Å². The molecule has 0 radical (unpaired) electrons. The minimum atomic E-state index is 0.215. The molecule has 0 bridgehead atoms. The van der Waals surface area contributed by atoms with Crippen molar-refractivity contribution in [3.8, 4) is 0 Å². The van der Waals surface area contributed by atoms with Crippen LogP contribution in [-0.4, -0.2) is 45.0 Å². The first-order valence-corrected chi connectivity index (χ1v) is 6.03. The Morgan fingerprint density at radius 3 is 3.17 bits per heavy atom. The molecule has 1 atom stereocenters. The lowest BCUT2D eigenvalue weighted by Crippen LogP contribution is -2.43. The number of carbonyl (C=O) groups is 1. The highest BCUT2D eigenvalue weighted by molar-refractivity contribution is 5.77. The Labute approximate surface area is 105 Å². The van der Waals surface area contributed by atoms with Crippen molar-refractivity contribution >= 4 is 17.4 Å². The SMILES string of the molecule is CN1CC(Nc2ccn3nccc3n2)CCC1=O. The molecule has 94 valence electrons. The number of fused-ring (bicyclic) bond motifs is 1. The Morgan fingerprint density at radius 1 is 1.44 bits per heavy atom. The van der Waals surface area contributed by atoms with Gasteiger partial charge in [0.2, 0.25) is 5.91 Å². The number of hydrogen-bond donors (Lipinski definition) is 1. The largest absolute Gasteiger partial charge is 0.365 e. The number of amides is 1. The second-order valence-corrected chi connectivity index (χ2v) is 4.60. The first kappa shape index (κ1) is 11.0. The molecule has 1 fully saturated rings. The highest BCUT2D eigenvalue weighted by Crippen LogP contribution is 2.15. The summed E-state index contributed by atoms with van der Waals surface area (Å²) < 4.78 is 1.72. The first-order valence-electron chi connectivity index (χ1n) is 6.03. The van der Waals surface area contributed by atoms with Gasteiger partial charge in [-0.05, 0) is 12.5 Å². The summed E-state index contributed by atoms with van der Waals surface area (Å²) in [7, 11) is 1.84. The van der Waals surface area contributed by atoms with Gasteiger partial charge in [0.1, 0.15) is 5.82 Å². The monoisotopic (exact) mass is 245 g/mol. The maximum atomic E-state index is 11.4. The Balaban J connectivity index is 1.73. The predicted octanol–water partition coefficient (Wildman–Crippen LogP) is 0.762. The van der Waals surface area contributed by atoms with Crippen molar-refractivity contribution in [2.75, 3.05) is 18.9 Å². The van der Waals surface area contributed by atoms with E-state index >= 15 is 0 Å². The molecule has 0 spiro atoms. The standard InChI is InChI=1S/C12H15N5O/c1-16-8-9(2-3-12(16)18)14-10-5-7-17-11(15-10)4-6-13-17/h4-7,9H,2-3,8H2,1H3,(H,14,15). The molecule has 0 saturated carbocycles. The fourth-order valence-corrected chi connectivity index (χ4v) is 2.23. The van der Waals surface area contributed by atoms with Crippen LogP contribution in [0.1, 0.15) is 12.8 Å². The van der Waals surface area contributed by atoms with Gasteiger partial charge in [-0.1, -0.05) is 0 Å². The zero-order chi connectivity index (χ0) is 12.5. The minimum absolute atomic E-state index is 0.215. The van der Waals surface area contributed by atoms with E-state index < -0.39 is 0 Å². The molecule has 1 aliphatic heterocycles. The second-order valence-electron chi connectivity index (χ2n) is 4.60. The molecule has 0 aliphatic carbocycles. The summed E-state index contributed by atoms with van der Waals surface area (Å²) in [5.74, 6) is 1.04. The number of hydrogen-bond acceptors (Lipinski definition) is 4. The Bertz CT molecular complexity index is 579. The van der Waals surface area contributed by atoms with Crippen LogP contribution >= 0.6 is 0 Å². The summed E-state index contributed by atoms with van der Waals surface area (Å²) in [5.41, 5.74) is 0.820. The summed E-state index contributed by atoms with van der Waals surface area (Å²) >= 11 is 0. The molecule has 3 heterocycles. The van der Waals surface area contributed by atoms with Crippen LogP contribution in [0.5, 0.6) is 0 Å². The molecule has 2 aromatic rings. The smallest absolute Gasteiger partial charge is 0.222 e. The molecule has 3 rings (SSSR count). The molecule has 0 aromatic carbocycles. The summed E-state index contributed by atoms with van der Waals surface area (Å²) in [6.45, 7) is 0.727. The van der Waals surface area contributed by atoms with Crippen molar-refractivity contribution in [3.05, 3.63) is 24.5 Å². The van der Waals surface area contributed by atoms with Crippen LogP contribution < -0.4 is 5.32 Å². The van der Waals surface area contributed by atoms with E-state index in [2.05, 4.69) is 15.4 Å². The topological polar surface area (TPSA) is 62.5 Å². The van der Waals surface area contributed by atoms with Crippen molar-refractivity contribution < 1.29 is 4.79 Å². The molecular weight excluding hydrogens is 230 g/mol. The number of piperidine rings is 1. The lowest BCUT2D eigenvalue weighted by molar-refractivity contribution is -0.132. The van der Waals surface area contributed by atoms with E-state index in [-0.39, 0.29) is 11.9 Å². The maximum Gasteiger partial charge on any atom is 0.222 e. The summed E-state index contributed by atoms with van der Waals surface area (Å²) in [4.78, 5) is 17.6. The summed E-state index contributed by atoms with van der Waals surface area (Å²) in [5, 5.41) is 7.47. The fourth-order valence-electron chi connectivity index (χ4n) is 2.23. The van der Waals surface area contributed by atoms with Crippen molar-refractivity contribution in [1.82, 2.24) is 19.5 Å². The van der Waals surface area contributed by atoms with Crippen LogP contribution in [0, 0.1) is 0 Å². The quantitative estimate of drug-likeness (QED) is 0.848. The van der Waals surface area contributed by atoms with Gasteiger partial charge in [-0.2, -0.15) is 5.10 Å². The number of anilines is 1. The van der Waals surface area contributed by atoms with Gasteiger partial charge >= 0.3 is 0 Å². The molecular formula is C12H15N5O. The van der Waals surface area contributed by atoms with Crippen LogP contribution in [-0.2, 0) is 4.79 Å². The number of likely N-dealkylation sites (N-methyl/N-ethyl adjacent to an activating group) is 1. The summed E-state index contributed by atoms with van der Waals surface area (Å²) in [6.07, 6.45) is 5.06. The molecule has 2 aromatic heterocycles. The third-order valence-electron chi connectivity index (χ3n) is 3.24. The van der Waals surface area contributed by atoms with Gasteiger partial charge in [0, 0.05) is 38.3 Å². The van der Waals surface area contributed by atoms with Gasteiger partial charge in [0.15, 0.2) is 5.65 Å².